The van der Waals surface area contributed by atoms with E-state index in [-0.39, 0.29) is 5.56 Å². The number of aromatic carboxylic acids is 1. The molecule has 1 aromatic carbocycles. The van der Waals surface area contributed by atoms with Crippen LogP contribution >= 0.6 is 11.3 Å². The number of benzene rings is 1. The van der Waals surface area contributed by atoms with Crippen molar-refractivity contribution in [1.29, 1.82) is 0 Å². The van der Waals surface area contributed by atoms with Gasteiger partial charge >= 0.3 is 5.97 Å². The number of hydrogen-bond acceptors (Lipinski definition) is 4. The molecule has 0 atom stereocenters. The van der Waals surface area contributed by atoms with Gasteiger partial charge in [0.1, 0.15) is 0 Å². The van der Waals surface area contributed by atoms with Gasteiger partial charge in [-0.15, -0.1) is 11.3 Å². The van der Waals surface area contributed by atoms with Crippen molar-refractivity contribution in [2.24, 2.45) is 0 Å². The molecule has 0 amide bonds. The van der Waals surface area contributed by atoms with Crippen molar-refractivity contribution in [2.45, 2.75) is 0 Å². The Balaban J connectivity index is 2.18. The van der Waals surface area contributed by atoms with Crippen molar-refractivity contribution in [1.82, 2.24) is 9.97 Å². The third kappa shape index (κ3) is 1.84. The van der Waals surface area contributed by atoms with Gasteiger partial charge in [-0.1, -0.05) is 6.07 Å². The molecular weight excluding hydrogens is 248 g/mol. The quantitative estimate of drug-likeness (QED) is 0.765. The molecule has 3 aromatic rings. The minimum atomic E-state index is -0.958. The van der Waals surface area contributed by atoms with Crippen molar-refractivity contribution in [3.8, 4) is 10.6 Å². The molecule has 0 radical (unpaired) electrons. The third-order valence-corrected chi connectivity index (χ3v) is 3.46. The molecule has 0 fully saturated rings. The fourth-order valence-electron chi connectivity index (χ4n) is 1.69. The molecule has 0 unspecified atom stereocenters. The van der Waals surface area contributed by atoms with Crippen LogP contribution in [0.25, 0.3) is 21.6 Å². The predicted molar refractivity (Wildman–Crippen MR) is 69.8 cm³/mol. The number of carboxylic acids is 1. The fraction of sp³-hybridized carbons (Fsp3) is 0. The van der Waals surface area contributed by atoms with E-state index in [2.05, 4.69) is 9.97 Å². The molecular formula is C13H8N2O2S. The SMILES string of the molecule is O=C(O)c1ccc2ncc(-c3cccs3)nc2c1. The van der Waals surface area contributed by atoms with Crippen molar-refractivity contribution < 1.29 is 9.90 Å². The van der Waals surface area contributed by atoms with E-state index in [0.717, 1.165) is 10.6 Å². The summed E-state index contributed by atoms with van der Waals surface area (Å²) in [4.78, 5) is 20.7. The lowest BCUT2D eigenvalue weighted by Gasteiger charge is -2.01. The Hall–Kier alpha value is -2.27. The number of fused-ring (bicyclic) bond motifs is 1. The Morgan fingerprint density at radius 3 is 2.83 bits per heavy atom. The van der Waals surface area contributed by atoms with E-state index >= 15 is 0 Å². The molecule has 0 spiro atoms. The van der Waals surface area contributed by atoms with Crippen LogP contribution in [0, 0.1) is 0 Å². The monoisotopic (exact) mass is 256 g/mol. The zero-order valence-corrected chi connectivity index (χ0v) is 10.0. The van der Waals surface area contributed by atoms with E-state index in [1.54, 1.807) is 29.7 Å². The molecule has 0 aliphatic rings. The first-order valence-electron chi connectivity index (χ1n) is 5.28. The highest BCUT2D eigenvalue weighted by Crippen LogP contribution is 2.23. The van der Waals surface area contributed by atoms with Gasteiger partial charge in [-0.25, -0.2) is 9.78 Å². The third-order valence-electron chi connectivity index (χ3n) is 2.56. The highest BCUT2D eigenvalue weighted by atomic mass is 32.1. The van der Waals surface area contributed by atoms with E-state index in [4.69, 9.17) is 5.11 Å². The average Bonchev–Trinajstić information content (AvgIpc) is 2.91. The lowest BCUT2D eigenvalue weighted by molar-refractivity contribution is 0.0697. The van der Waals surface area contributed by atoms with Gasteiger partial charge in [0.25, 0.3) is 0 Å². The summed E-state index contributed by atoms with van der Waals surface area (Å²) in [6.07, 6.45) is 1.70. The van der Waals surface area contributed by atoms with Gasteiger partial charge in [-0.05, 0) is 29.6 Å². The van der Waals surface area contributed by atoms with Gasteiger partial charge in [0.05, 0.1) is 33.4 Å². The molecule has 18 heavy (non-hydrogen) atoms. The number of aromatic nitrogens is 2. The second kappa shape index (κ2) is 4.19. The summed E-state index contributed by atoms with van der Waals surface area (Å²) in [5.41, 5.74) is 2.28. The molecule has 2 aromatic heterocycles. The molecule has 0 saturated carbocycles. The number of carbonyl (C=O) groups is 1. The normalized spacial score (nSPS) is 10.7. The van der Waals surface area contributed by atoms with Crippen LogP contribution in [0.3, 0.4) is 0 Å². The molecule has 0 bridgehead atoms. The van der Waals surface area contributed by atoms with E-state index in [1.807, 2.05) is 17.5 Å². The summed E-state index contributed by atoms with van der Waals surface area (Å²) >= 11 is 1.58. The molecule has 0 aliphatic carbocycles. The van der Waals surface area contributed by atoms with Gasteiger partial charge in [0.15, 0.2) is 0 Å². The first-order valence-corrected chi connectivity index (χ1v) is 6.16. The van der Waals surface area contributed by atoms with E-state index < -0.39 is 5.97 Å². The maximum Gasteiger partial charge on any atom is 0.335 e. The van der Waals surface area contributed by atoms with Gasteiger partial charge in [0.2, 0.25) is 0 Å². The van der Waals surface area contributed by atoms with Crippen LogP contribution in [-0.4, -0.2) is 21.0 Å². The summed E-state index contributed by atoms with van der Waals surface area (Å²) < 4.78 is 0. The van der Waals surface area contributed by atoms with Crippen molar-refractivity contribution in [3.05, 3.63) is 47.5 Å². The molecule has 2 heterocycles. The zero-order chi connectivity index (χ0) is 12.5. The van der Waals surface area contributed by atoms with Crippen molar-refractivity contribution >= 4 is 28.3 Å². The molecule has 0 saturated heterocycles. The Labute approximate surface area is 107 Å². The first kappa shape index (κ1) is 10.9. The van der Waals surface area contributed by atoms with E-state index in [1.165, 1.54) is 6.07 Å². The number of hydrogen-bond donors (Lipinski definition) is 1. The van der Waals surface area contributed by atoms with E-state index in [9.17, 15) is 4.79 Å². The van der Waals surface area contributed by atoms with Crippen LogP contribution < -0.4 is 0 Å². The number of nitrogens with zero attached hydrogens (tertiary/aromatic N) is 2. The summed E-state index contributed by atoms with van der Waals surface area (Å²) in [6, 6.07) is 8.65. The molecule has 88 valence electrons. The minimum absolute atomic E-state index is 0.222. The first-order chi connectivity index (χ1) is 8.74. The Morgan fingerprint density at radius 2 is 2.11 bits per heavy atom. The summed E-state index contributed by atoms with van der Waals surface area (Å²) in [5.74, 6) is -0.958. The standard InChI is InChI=1S/C13H8N2O2S/c16-13(17)8-3-4-9-10(6-8)15-11(7-14-9)12-2-1-5-18-12/h1-7H,(H,16,17). The smallest absolute Gasteiger partial charge is 0.335 e. The maximum absolute atomic E-state index is 10.9. The summed E-state index contributed by atoms with van der Waals surface area (Å²) in [5, 5.41) is 10.9. The molecule has 4 nitrogen and oxygen atoms in total. The van der Waals surface area contributed by atoms with Gasteiger partial charge in [-0.2, -0.15) is 0 Å². The molecule has 3 rings (SSSR count). The zero-order valence-electron chi connectivity index (χ0n) is 9.20. The maximum atomic E-state index is 10.9. The highest BCUT2D eigenvalue weighted by molar-refractivity contribution is 7.13. The van der Waals surface area contributed by atoms with Crippen LogP contribution in [0.2, 0.25) is 0 Å². The van der Waals surface area contributed by atoms with Crippen molar-refractivity contribution in [2.75, 3.05) is 0 Å². The van der Waals surface area contributed by atoms with Gasteiger partial charge in [0, 0.05) is 0 Å². The molecule has 1 N–H and O–H groups in total. The van der Waals surface area contributed by atoms with Crippen LogP contribution in [0.4, 0.5) is 0 Å². The van der Waals surface area contributed by atoms with Gasteiger partial charge < -0.3 is 5.11 Å². The second-order valence-electron chi connectivity index (χ2n) is 3.74. The second-order valence-corrected chi connectivity index (χ2v) is 4.69. The lowest BCUT2D eigenvalue weighted by Crippen LogP contribution is -1.97. The highest BCUT2D eigenvalue weighted by Gasteiger charge is 2.07. The van der Waals surface area contributed by atoms with E-state index in [0.29, 0.717) is 11.0 Å². The molecule has 0 aliphatic heterocycles. The van der Waals surface area contributed by atoms with Crippen LogP contribution in [-0.2, 0) is 0 Å². The number of thiophene rings is 1. The Kier molecular flexibility index (Phi) is 2.53. The average molecular weight is 256 g/mol. The minimum Gasteiger partial charge on any atom is -0.478 e. The predicted octanol–water partition coefficient (Wildman–Crippen LogP) is 3.06. The van der Waals surface area contributed by atoms with Crippen LogP contribution in [0.1, 0.15) is 10.4 Å². The Morgan fingerprint density at radius 1 is 1.22 bits per heavy atom. The number of carboxylic acid groups (broad SMARTS) is 1. The largest absolute Gasteiger partial charge is 0.478 e. The lowest BCUT2D eigenvalue weighted by atomic mass is 10.2. The van der Waals surface area contributed by atoms with Gasteiger partial charge in [-0.3, -0.25) is 4.98 Å². The fourth-order valence-corrected chi connectivity index (χ4v) is 2.37. The van der Waals surface area contributed by atoms with Crippen molar-refractivity contribution in [3.63, 3.8) is 0 Å². The summed E-state index contributed by atoms with van der Waals surface area (Å²) in [6.45, 7) is 0. The van der Waals surface area contributed by atoms with Crippen LogP contribution in [0.5, 0.6) is 0 Å². The Bertz CT molecular complexity index is 723. The molecule has 5 heteroatoms. The number of rotatable bonds is 2. The summed E-state index contributed by atoms with van der Waals surface area (Å²) in [7, 11) is 0. The topological polar surface area (TPSA) is 63.1 Å². The van der Waals surface area contributed by atoms with Crippen LogP contribution in [0.15, 0.2) is 41.9 Å².